The van der Waals surface area contributed by atoms with Gasteiger partial charge in [0, 0.05) is 5.56 Å². The molecule has 0 bridgehead atoms. The van der Waals surface area contributed by atoms with Gasteiger partial charge >= 0.3 is 0 Å². The molecule has 20 heavy (non-hydrogen) atoms. The predicted octanol–water partition coefficient (Wildman–Crippen LogP) is 3.63. The van der Waals surface area contributed by atoms with Crippen LogP contribution in [-0.2, 0) is 0 Å². The lowest BCUT2D eigenvalue weighted by atomic mass is 10.0. The zero-order valence-corrected chi connectivity index (χ0v) is 12.0. The van der Waals surface area contributed by atoms with Crippen LogP contribution in [0, 0.1) is 6.92 Å². The Morgan fingerprint density at radius 1 is 1.10 bits per heavy atom. The van der Waals surface area contributed by atoms with Crippen LogP contribution >= 0.6 is 0 Å². The molecule has 0 unspecified atom stereocenters. The molecule has 0 N–H and O–H groups in total. The van der Waals surface area contributed by atoms with Crippen molar-refractivity contribution in [3.8, 4) is 11.5 Å². The number of ether oxygens (including phenoxy) is 2. The van der Waals surface area contributed by atoms with E-state index in [1.165, 1.54) is 0 Å². The Balaban J connectivity index is 2.36. The van der Waals surface area contributed by atoms with Gasteiger partial charge in [-0.25, -0.2) is 0 Å². The van der Waals surface area contributed by atoms with Gasteiger partial charge in [-0.3, -0.25) is 4.79 Å². The molecular formula is C17H18O3. The molecule has 2 rings (SSSR count). The van der Waals surface area contributed by atoms with Crippen molar-refractivity contribution in [1.29, 1.82) is 0 Å². The molecule has 0 saturated heterocycles. The molecule has 3 nitrogen and oxygen atoms in total. The molecule has 0 atom stereocenters. The molecule has 0 amide bonds. The first-order valence-electron chi connectivity index (χ1n) is 6.58. The second-order valence-corrected chi connectivity index (χ2v) is 4.44. The monoisotopic (exact) mass is 270 g/mol. The first kappa shape index (κ1) is 14.1. The van der Waals surface area contributed by atoms with Crippen LogP contribution in [0.1, 0.15) is 28.4 Å². The van der Waals surface area contributed by atoms with Gasteiger partial charge in [0.1, 0.15) is 11.5 Å². The first-order chi connectivity index (χ1) is 9.67. The zero-order valence-electron chi connectivity index (χ0n) is 12.0. The highest BCUT2D eigenvalue weighted by Crippen LogP contribution is 2.24. The third-order valence-corrected chi connectivity index (χ3v) is 3.09. The molecule has 0 aromatic heterocycles. The molecule has 104 valence electrons. The van der Waals surface area contributed by atoms with E-state index in [-0.39, 0.29) is 5.78 Å². The van der Waals surface area contributed by atoms with Crippen molar-refractivity contribution >= 4 is 5.78 Å². The second-order valence-electron chi connectivity index (χ2n) is 4.44. The van der Waals surface area contributed by atoms with E-state index in [9.17, 15) is 4.79 Å². The summed E-state index contributed by atoms with van der Waals surface area (Å²) in [5.41, 5.74) is 2.15. The van der Waals surface area contributed by atoms with Gasteiger partial charge in [0.25, 0.3) is 0 Å². The Morgan fingerprint density at radius 3 is 2.50 bits per heavy atom. The maximum atomic E-state index is 12.5. The van der Waals surface area contributed by atoms with Gasteiger partial charge < -0.3 is 9.47 Å². The van der Waals surface area contributed by atoms with E-state index in [1.54, 1.807) is 25.3 Å². The van der Waals surface area contributed by atoms with E-state index >= 15 is 0 Å². The predicted molar refractivity (Wildman–Crippen MR) is 78.8 cm³/mol. The molecule has 0 aliphatic rings. The van der Waals surface area contributed by atoms with E-state index in [0.717, 1.165) is 11.3 Å². The molecule has 2 aromatic carbocycles. The van der Waals surface area contributed by atoms with E-state index in [2.05, 4.69) is 0 Å². The highest BCUT2D eigenvalue weighted by atomic mass is 16.5. The number of methoxy groups -OCH3 is 1. The third-order valence-electron chi connectivity index (χ3n) is 3.09. The van der Waals surface area contributed by atoms with Gasteiger partial charge in [-0.05, 0) is 49.7 Å². The maximum Gasteiger partial charge on any atom is 0.196 e. The lowest BCUT2D eigenvalue weighted by Crippen LogP contribution is -2.05. The smallest absolute Gasteiger partial charge is 0.196 e. The molecule has 0 aliphatic heterocycles. The van der Waals surface area contributed by atoms with Crippen molar-refractivity contribution < 1.29 is 14.3 Å². The second kappa shape index (κ2) is 6.24. The molecule has 0 fully saturated rings. The molecular weight excluding hydrogens is 252 g/mol. The minimum absolute atomic E-state index is 0.0476. The fraction of sp³-hybridized carbons (Fsp3) is 0.235. The van der Waals surface area contributed by atoms with Gasteiger partial charge in [0.15, 0.2) is 5.78 Å². The third kappa shape index (κ3) is 2.82. The normalized spacial score (nSPS) is 10.2. The molecule has 0 radical (unpaired) electrons. The Labute approximate surface area is 119 Å². The van der Waals surface area contributed by atoms with E-state index in [1.807, 2.05) is 38.1 Å². The lowest BCUT2D eigenvalue weighted by Gasteiger charge is -2.10. The number of hydrogen-bond acceptors (Lipinski definition) is 3. The SMILES string of the molecule is CCOc1ccc(C(=O)c2ccccc2OC)cc1C. The molecule has 0 spiro atoms. The molecule has 0 aliphatic carbocycles. The van der Waals surface area contributed by atoms with Crippen LogP contribution in [0.5, 0.6) is 11.5 Å². The summed E-state index contributed by atoms with van der Waals surface area (Å²) in [6, 6.07) is 12.7. The zero-order chi connectivity index (χ0) is 14.5. The van der Waals surface area contributed by atoms with Crippen LogP contribution in [0.25, 0.3) is 0 Å². The number of para-hydroxylation sites is 1. The minimum atomic E-state index is -0.0476. The maximum absolute atomic E-state index is 12.5. The van der Waals surface area contributed by atoms with Crippen molar-refractivity contribution in [2.24, 2.45) is 0 Å². The summed E-state index contributed by atoms with van der Waals surface area (Å²) in [6.07, 6.45) is 0. The number of carbonyl (C=O) groups excluding carboxylic acids is 1. The van der Waals surface area contributed by atoms with Crippen LogP contribution in [-0.4, -0.2) is 19.5 Å². The first-order valence-corrected chi connectivity index (χ1v) is 6.58. The van der Waals surface area contributed by atoms with Crippen LogP contribution in [0.3, 0.4) is 0 Å². The fourth-order valence-corrected chi connectivity index (χ4v) is 2.10. The van der Waals surface area contributed by atoms with E-state index in [0.29, 0.717) is 23.5 Å². The summed E-state index contributed by atoms with van der Waals surface area (Å²) in [4.78, 5) is 12.5. The Bertz CT molecular complexity index is 617. The number of hydrogen-bond donors (Lipinski definition) is 0. The largest absolute Gasteiger partial charge is 0.496 e. The van der Waals surface area contributed by atoms with Gasteiger partial charge in [0.05, 0.1) is 19.3 Å². The van der Waals surface area contributed by atoms with Crippen molar-refractivity contribution in [2.45, 2.75) is 13.8 Å². The lowest BCUT2D eigenvalue weighted by molar-refractivity contribution is 0.103. The summed E-state index contributed by atoms with van der Waals surface area (Å²) in [6.45, 7) is 4.48. The Kier molecular flexibility index (Phi) is 4.41. The molecule has 2 aromatic rings. The van der Waals surface area contributed by atoms with Crippen molar-refractivity contribution in [3.63, 3.8) is 0 Å². The van der Waals surface area contributed by atoms with Gasteiger partial charge in [0.2, 0.25) is 0 Å². The van der Waals surface area contributed by atoms with Crippen LogP contribution < -0.4 is 9.47 Å². The van der Waals surface area contributed by atoms with Crippen LogP contribution in [0.2, 0.25) is 0 Å². The number of rotatable bonds is 5. The number of carbonyl (C=O) groups is 1. The standard InChI is InChI=1S/C17H18O3/c1-4-20-15-10-9-13(11-12(15)2)17(18)14-7-5-6-8-16(14)19-3/h5-11H,4H2,1-3H3. The van der Waals surface area contributed by atoms with Gasteiger partial charge in [-0.1, -0.05) is 12.1 Å². The highest BCUT2D eigenvalue weighted by Gasteiger charge is 2.14. The average molecular weight is 270 g/mol. The van der Waals surface area contributed by atoms with Crippen molar-refractivity contribution in [1.82, 2.24) is 0 Å². The number of ketones is 1. The summed E-state index contributed by atoms with van der Waals surface area (Å²) < 4.78 is 10.7. The van der Waals surface area contributed by atoms with E-state index in [4.69, 9.17) is 9.47 Å². The van der Waals surface area contributed by atoms with Gasteiger partial charge in [-0.15, -0.1) is 0 Å². The van der Waals surface area contributed by atoms with Crippen LogP contribution in [0.4, 0.5) is 0 Å². The Hall–Kier alpha value is -2.29. The summed E-state index contributed by atoms with van der Waals surface area (Å²) in [7, 11) is 1.57. The number of benzene rings is 2. The van der Waals surface area contributed by atoms with E-state index < -0.39 is 0 Å². The summed E-state index contributed by atoms with van der Waals surface area (Å²) in [5.74, 6) is 1.35. The topological polar surface area (TPSA) is 35.5 Å². The average Bonchev–Trinajstić information content (AvgIpc) is 2.48. The number of aryl methyl sites for hydroxylation is 1. The molecule has 0 heterocycles. The molecule has 3 heteroatoms. The quantitative estimate of drug-likeness (QED) is 0.778. The van der Waals surface area contributed by atoms with Gasteiger partial charge in [-0.2, -0.15) is 0 Å². The van der Waals surface area contributed by atoms with Crippen molar-refractivity contribution in [3.05, 3.63) is 59.2 Å². The van der Waals surface area contributed by atoms with Crippen LogP contribution in [0.15, 0.2) is 42.5 Å². The minimum Gasteiger partial charge on any atom is -0.496 e. The summed E-state index contributed by atoms with van der Waals surface area (Å²) in [5, 5.41) is 0. The molecule has 0 saturated carbocycles. The fourth-order valence-electron chi connectivity index (χ4n) is 2.10. The highest BCUT2D eigenvalue weighted by molar-refractivity contribution is 6.10. The summed E-state index contributed by atoms with van der Waals surface area (Å²) >= 11 is 0. The Morgan fingerprint density at radius 2 is 1.85 bits per heavy atom. The van der Waals surface area contributed by atoms with Crippen molar-refractivity contribution in [2.75, 3.05) is 13.7 Å².